The summed E-state index contributed by atoms with van der Waals surface area (Å²) in [6, 6.07) is 9.35. The Balaban J connectivity index is 1.33. The third-order valence-electron chi connectivity index (χ3n) is 6.17. The number of fused-ring (bicyclic) bond motifs is 1. The minimum Gasteiger partial charge on any atom is -0.486 e. The van der Waals surface area contributed by atoms with Crippen LogP contribution in [0.5, 0.6) is 5.75 Å². The van der Waals surface area contributed by atoms with Crippen LogP contribution < -0.4 is 15.4 Å². The van der Waals surface area contributed by atoms with E-state index in [0.717, 1.165) is 42.7 Å². The zero-order valence-electron chi connectivity index (χ0n) is 19.6. The van der Waals surface area contributed by atoms with Gasteiger partial charge in [0.05, 0.1) is 21.3 Å². The Morgan fingerprint density at radius 2 is 1.92 bits per heavy atom. The lowest BCUT2D eigenvalue weighted by Crippen LogP contribution is -2.35. The predicted molar refractivity (Wildman–Crippen MR) is 142 cm³/mol. The molecule has 1 fully saturated rings. The van der Waals surface area contributed by atoms with E-state index in [2.05, 4.69) is 30.8 Å². The molecule has 0 unspecified atom stereocenters. The van der Waals surface area contributed by atoms with Crippen molar-refractivity contribution in [3.05, 3.63) is 75.8 Å². The van der Waals surface area contributed by atoms with E-state index < -0.39 is 11.9 Å². The van der Waals surface area contributed by atoms with Crippen molar-refractivity contribution in [2.24, 2.45) is 0 Å². The normalized spacial score (nSPS) is 15.7. The largest absolute Gasteiger partial charge is 0.486 e. The van der Waals surface area contributed by atoms with E-state index >= 15 is 4.39 Å². The molecule has 3 N–H and O–H groups in total. The van der Waals surface area contributed by atoms with E-state index in [9.17, 15) is 0 Å². The SMILES string of the molecule is C[C@@H](Oc1ccc2[nH]nc(/C=C(\F)c3ccc(NC4CCNCC4)nc3)c2c1)c1c(Cl)cncc1Cl. The number of hydrogen-bond donors (Lipinski definition) is 3. The van der Waals surface area contributed by atoms with Crippen LogP contribution in [-0.2, 0) is 0 Å². The summed E-state index contributed by atoms with van der Waals surface area (Å²) in [5.74, 6) is 0.888. The first kappa shape index (κ1) is 24.5. The topological polar surface area (TPSA) is 87.8 Å². The molecular weight excluding hydrogens is 502 g/mol. The smallest absolute Gasteiger partial charge is 0.134 e. The molecule has 4 aromatic rings. The standard InChI is InChI=1S/C26H25Cl2FN6O/c1-15(26-20(27)13-31-14-21(26)28)36-18-3-4-23-19(10-18)24(35-34-23)11-22(29)16-2-5-25(32-12-16)33-17-6-8-30-9-7-17/h2-5,10-15,17,30H,6-9H2,1H3,(H,32,33)(H,34,35)/b22-11-/t15-/m1/s1. The number of benzene rings is 1. The molecule has 3 aromatic heterocycles. The lowest BCUT2D eigenvalue weighted by atomic mass is 10.1. The fraction of sp³-hybridized carbons (Fsp3) is 0.269. The van der Waals surface area contributed by atoms with Gasteiger partial charge in [-0.05, 0) is 63.2 Å². The lowest BCUT2D eigenvalue weighted by molar-refractivity contribution is 0.227. The van der Waals surface area contributed by atoms with Gasteiger partial charge in [-0.15, -0.1) is 0 Å². The van der Waals surface area contributed by atoms with Gasteiger partial charge in [0.25, 0.3) is 0 Å². The van der Waals surface area contributed by atoms with Crippen LogP contribution in [0.25, 0.3) is 22.8 Å². The maximum atomic E-state index is 15.1. The first-order chi connectivity index (χ1) is 17.5. The molecule has 1 saturated heterocycles. The Morgan fingerprint density at radius 1 is 1.14 bits per heavy atom. The summed E-state index contributed by atoms with van der Waals surface area (Å²) in [5, 5.41) is 15.5. The molecule has 7 nitrogen and oxygen atoms in total. The molecule has 1 aliphatic rings. The van der Waals surface area contributed by atoms with Gasteiger partial charge in [0.2, 0.25) is 0 Å². The highest BCUT2D eigenvalue weighted by Gasteiger charge is 2.17. The van der Waals surface area contributed by atoms with Crippen LogP contribution in [0.1, 0.15) is 42.7 Å². The van der Waals surface area contributed by atoms with Gasteiger partial charge in [-0.3, -0.25) is 10.1 Å². The summed E-state index contributed by atoms with van der Waals surface area (Å²) in [4.78, 5) is 8.37. The highest BCUT2D eigenvalue weighted by molar-refractivity contribution is 6.35. The van der Waals surface area contributed by atoms with Crippen molar-refractivity contribution in [3.8, 4) is 5.75 Å². The molecule has 0 radical (unpaired) electrons. The van der Waals surface area contributed by atoms with Gasteiger partial charge < -0.3 is 15.4 Å². The van der Waals surface area contributed by atoms with Gasteiger partial charge in [0.15, 0.2) is 0 Å². The Morgan fingerprint density at radius 3 is 2.64 bits per heavy atom. The number of H-pyrrole nitrogens is 1. The minimum absolute atomic E-state index is 0.380. The van der Waals surface area contributed by atoms with Gasteiger partial charge in [0.1, 0.15) is 23.5 Å². The molecule has 1 aliphatic heterocycles. The molecule has 0 amide bonds. The van der Waals surface area contributed by atoms with Crippen LogP contribution in [-0.4, -0.2) is 39.3 Å². The van der Waals surface area contributed by atoms with Crippen molar-refractivity contribution < 1.29 is 9.13 Å². The number of rotatable bonds is 7. The quantitative estimate of drug-likeness (QED) is 0.257. The number of pyridine rings is 2. The number of hydrogen-bond acceptors (Lipinski definition) is 6. The van der Waals surface area contributed by atoms with E-state index in [1.54, 1.807) is 12.1 Å². The number of nitrogens with one attached hydrogen (secondary N) is 3. The predicted octanol–water partition coefficient (Wildman–Crippen LogP) is 6.43. The number of halogens is 3. The Labute approximate surface area is 218 Å². The first-order valence-corrected chi connectivity index (χ1v) is 12.5. The molecule has 0 bridgehead atoms. The molecule has 0 aliphatic carbocycles. The average molecular weight is 527 g/mol. The number of aromatic amines is 1. The van der Waals surface area contributed by atoms with Gasteiger partial charge >= 0.3 is 0 Å². The number of ether oxygens (including phenoxy) is 1. The second-order valence-corrected chi connectivity index (χ2v) is 9.50. The third-order valence-corrected chi connectivity index (χ3v) is 6.77. The third kappa shape index (κ3) is 5.46. The van der Waals surface area contributed by atoms with Crippen LogP contribution in [0.15, 0.2) is 48.9 Å². The van der Waals surface area contributed by atoms with Crippen molar-refractivity contribution >= 4 is 51.8 Å². The van der Waals surface area contributed by atoms with Crippen molar-refractivity contribution in [3.63, 3.8) is 0 Å². The van der Waals surface area contributed by atoms with Gasteiger partial charge in [0, 0.05) is 47.2 Å². The minimum atomic E-state index is -0.431. The summed E-state index contributed by atoms with van der Waals surface area (Å²) >= 11 is 12.5. The Bertz CT molecular complexity index is 1360. The summed E-state index contributed by atoms with van der Waals surface area (Å²) in [6.45, 7) is 3.83. The van der Waals surface area contributed by atoms with Crippen LogP contribution in [0.3, 0.4) is 0 Å². The first-order valence-electron chi connectivity index (χ1n) is 11.7. The van der Waals surface area contributed by atoms with Crippen molar-refractivity contribution in [1.82, 2.24) is 25.5 Å². The van der Waals surface area contributed by atoms with Crippen molar-refractivity contribution in [2.45, 2.75) is 31.9 Å². The second-order valence-electron chi connectivity index (χ2n) is 8.69. The van der Waals surface area contributed by atoms with E-state index in [1.165, 1.54) is 24.7 Å². The molecule has 1 atom stereocenters. The number of piperidine rings is 1. The molecule has 1 aromatic carbocycles. The van der Waals surface area contributed by atoms with Crippen LogP contribution in [0, 0.1) is 0 Å². The zero-order chi connectivity index (χ0) is 25.1. The van der Waals surface area contributed by atoms with Crippen LogP contribution in [0.2, 0.25) is 10.0 Å². The van der Waals surface area contributed by atoms with E-state index in [0.29, 0.717) is 38.7 Å². The molecule has 36 heavy (non-hydrogen) atoms. The van der Waals surface area contributed by atoms with Gasteiger partial charge in [-0.1, -0.05) is 23.2 Å². The highest BCUT2D eigenvalue weighted by atomic mass is 35.5. The van der Waals surface area contributed by atoms with E-state index in [4.69, 9.17) is 27.9 Å². The van der Waals surface area contributed by atoms with Gasteiger partial charge in [-0.25, -0.2) is 9.37 Å². The molecule has 0 saturated carbocycles. The summed E-state index contributed by atoms with van der Waals surface area (Å²) < 4.78 is 21.2. The molecular formula is C26H25Cl2FN6O. The van der Waals surface area contributed by atoms with Crippen molar-refractivity contribution in [1.29, 1.82) is 0 Å². The number of anilines is 1. The molecule has 4 heterocycles. The van der Waals surface area contributed by atoms with Crippen LogP contribution in [0.4, 0.5) is 10.2 Å². The maximum absolute atomic E-state index is 15.1. The maximum Gasteiger partial charge on any atom is 0.134 e. The summed E-state index contributed by atoms with van der Waals surface area (Å²) in [5.41, 5.74) is 2.24. The molecule has 0 spiro atoms. The molecule has 10 heteroatoms. The molecule has 186 valence electrons. The number of nitrogens with zero attached hydrogens (tertiary/aromatic N) is 3. The fourth-order valence-electron chi connectivity index (χ4n) is 4.27. The fourth-order valence-corrected chi connectivity index (χ4v) is 4.94. The van der Waals surface area contributed by atoms with Crippen LogP contribution >= 0.6 is 23.2 Å². The van der Waals surface area contributed by atoms with Crippen molar-refractivity contribution in [2.75, 3.05) is 18.4 Å². The highest BCUT2D eigenvalue weighted by Crippen LogP contribution is 2.34. The zero-order valence-corrected chi connectivity index (χ0v) is 21.1. The summed E-state index contributed by atoms with van der Waals surface area (Å²) in [6.07, 6.45) is 7.63. The summed E-state index contributed by atoms with van der Waals surface area (Å²) in [7, 11) is 0. The Hall–Kier alpha value is -3.20. The van der Waals surface area contributed by atoms with E-state index in [-0.39, 0.29) is 0 Å². The molecule has 5 rings (SSSR count). The Kier molecular flexibility index (Phi) is 7.36. The lowest BCUT2D eigenvalue weighted by Gasteiger charge is -2.24. The van der Waals surface area contributed by atoms with Gasteiger partial charge in [-0.2, -0.15) is 5.10 Å². The second kappa shape index (κ2) is 10.8. The monoisotopic (exact) mass is 526 g/mol. The average Bonchev–Trinajstić information content (AvgIpc) is 3.27. The van der Waals surface area contributed by atoms with E-state index in [1.807, 2.05) is 25.1 Å². The number of aromatic nitrogens is 4.